The molecule has 2 fully saturated rings. The van der Waals surface area contributed by atoms with Gasteiger partial charge in [-0.25, -0.2) is 4.39 Å². The Morgan fingerprint density at radius 1 is 1.30 bits per heavy atom. The molecule has 5 nitrogen and oxygen atoms in total. The van der Waals surface area contributed by atoms with Gasteiger partial charge in [-0.05, 0) is 24.8 Å². The lowest BCUT2D eigenvalue weighted by Crippen LogP contribution is -2.47. The van der Waals surface area contributed by atoms with E-state index in [4.69, 9.17) is 10.00 Å². The number of rotatable bonds is 3. The lowest BCUT2D eigenvalue weighted by Gasteiger charge is -2.41. The van der Waals surface area contributed by atoms with Crippen LogP contribution in [0.4, 0.5) is 4.39 Å². The molecular weight excluding hydrogens is 297 g/mol. The van der Waals surface area contributed by atoms with Crippen molar-refractivity contribution in [2.24, 2.45) is 5.92 Å². The zero-order valence-electron chi connectivity index (χ0n) is 13.1. The van der Waals surface area contributed by atoms with E-state index in [-0.39, 0.29) is 17.4 Å². The zero-order chi connectivity index (χ0) is 16.2. The van der Waals surface area contributed by atoms with Gasteiger partial charge in [0.25, 0.3) is 0 Å². The van der Waals surface area contributed by atoms with Gasteiger partial charge >= 0.3 is 0 Å². The Morgan fingerprint density at radius 3 is 2.65 bits per heavy atom. The van der Waals surface area contributed by atoms with Gasteiger partial charge in [0.1, 0.15) is 23.2 Å². The third-order valence-corrected chi connectivity index (χ3v) is 4.85. The van der Waals surface area contributed by atoms with Crippen LogP contribution in [0, 0.1) is 23.1 Å². The minimum absolute atomic E-state index is 0.00583. The second-order valence-corrected chi connectivity index (χ2v) is 6.15. The summed E-state index contributed by atoms with van der Waals surface area (Å²) in [4.78, 5) is 2.33. The first-order valence-corrected chi connectivity index (χ1v) is 8.16. The summed E-state index contributed by atoms with van der Waals surface area (Å²) < 4.78 is 19.2. The second kappa shape index (κ2) is 7.26. The number of halogens is 1. The van der Waals surface area contributed by atoms with E-state index in [0.717, 1.165) is 39.0 Å². The Balaban J connectivity index is 1.99. The lowest BCUT2D eigenvalue weighted by atomic mass is 9.84. The molecule has 6 heteroatoms. The van der Waals surface area contributed by atoms with Gasteiger partial charge in [0.15, 0.2) is 0 Å². The van der Waals surface area contributed by atoms with Crippen LogP contribution in [0.15, 0.2) is 12.1 Å². The molecule has 1 aromatic rings. The average molecular weight is 319 g/mol. The monoisotopic (exact) mass is 319 g/mol. The van der Waals surface area contributed by atoms with Crippen LogP contribution < -0.4 is 5.32 Å². The molecule has 0 spiro atoms. The van der Waals surface area contributed by atoms with Crippen molar-refractivity contribution in [3.8, 4) is 11.8 Å². The van der Waals surface area contributed by atoms with E-state index in [1.807, 2.05) is 0 Å². The predicted molar refractivity (Wildman–Crippen MR) is 83.5 cm³/mol. The normalized spacial score (nSPS) is 21.7. The SMILES string of the molecule is N#Cc1c(F)ccc([C@H](C2CCOCC2)N2CCNCC2)c1O. The number of phenolic OH excluding ortho intramolecular Hbond substituents is 1. The summed E-state index contributed by atoms with van der Waals surface area (Å²) in [6.07, 6.45) is 1.82. The number of benzene rings is 1. The van der Waals surface area contributed by atoms with E-state index in [0.29, 0.717) is 24.7 Å². The smallest absolute Gasteiger partial charge is 0.144 e. The molecular formula is C17H22FN3O2. The molecule has 0 radical (unpaired) electrons. The first-order valence-electron chi connectivity index (χ1n) is 8.16. The Morgan fingerprint density at radius 2 is 2.00 bits per heavy atom. The molecule has 2 heterocycles. The molecule has 124 valence electrons. The number of hydrogen-bond donors (Lipinski definition) is 2. The predicted octanol–water partition coefficient (Wildman–Crippen LogP) is 1.78. The maximum atomic E-state index is 13.8. The van der Waals surface area contributed by atoms with Gasteiger partial charge in [-0.1, -0.05) is 6.07 Å². The summed E-state index contributed by atoms with van der Waals surface area (Å²) in [5.74, 6) is -0.535. The quantitative estimate of drug-likeness (QED) is 0.889. The highest BCUT2D eigenvalue weighted by Gasteiger charge is 2.33. The van der Waals surface area contributed by atoms with E-state index in [2.05, 4.69) is 10.2 Å². The minimum atomic E-state index is -0.667. The Hall–Kier alpha value is -1.68. The summed E-state index contributed by atoms with van der Waals surface area (Å²) in [6.45, 7) is 4.96. The van der Waals surface area contributed by atoms with Crippen LogP contribution in [-0.2, 0) is 4.74 Å². The largest absolute Gasteiger partial charge is 0.506 e. The molecule has 0 aliphatic carbocycles. The van der Waals surface area contributed by atoms with Crippen molar-refractivity contribution >= 4 is 0 Å². The van der Waals surface area contributed by atoms with E-state index in [1.165, 1.54) is 6.07 Å². The fourth-order valence-electron chi connectivity index (χ4n) is 3.67. The van der Waals surface area contributed by atoms with Crippen molar-refractivity contribution < 1.29 is 14.2 Å². The van der Waals surface area contributed by atoms with Crippen LogP contribution in [0.1, 0.15) is 30.0 Å². The number of nitriles is 1. The van der Waals surface area contributed by atoms with Crippen molar-refractivity contribution in [1.82, 2.24) is 10.2 Å². The second-order valence-electron chi connectivity index (χ2n) is 6.15. The van der Waals surface area contributed by atoms with Crippen LogP contribution in [0.3, 0.4) is 0 Å². The number of piperazine rings is 1. The molecule has 0 unspecified atom stereocenters. The van der Waals surface area contributed by atoms with Crippen LogP contribution in [-0.4, -0.2) is 49.4 Å². The van der Waals surface area contributed by atoms with Crippen molar-refractivity contribution in [2.45, 2.75) is 18.9 Å². The van der Waals surface area contributed by atoms with Gasteiger partial charge in [0.2, 0.25) is 0 Å². The highest BCUT2D eigenvalue weighted by atomic mass is 19.1. The van der Waals surface area contributed by atoms with Crippen molar-refractivity contribution in [3.63, 3.8) is 0 Å². The average Bonchev–Trinajstić information content (AvgIpc) is 2.60. The fraction of sp³-hybridized carbons (Fsp3) is 0.588. The van der Waals surface area contributed by atoms with E-state index >= 15 is 0 Å². The number of ether oxygens (including phenoxy) is 1. The van der Waals surface area contributed by atoms with Crippen molar-refractivity contribution in [3.05, 3.63) is 29.1 Å². The molecule has 1 aromatic carbocycles. The van der Waals surface area contributed by atoms with Gasteiger partial charge in [0, 0.05) is 51.0 Å². The molecule has 23 heavy (non-hydrogen) atoms. The lowest BCUT2D eigenvalue weighted by molar-refractivity contribution is 0.0206. The van der Waals surface area contributed by atoms with Crippen molar-refractivity contribution in [1.29, 1.82) is 5.26 Å². The number of hydrogen-bond acceptors (Lipinski definition) is 5. The maximum Gasteiger partial charge on any atom is 0.144 e. The van der Waals surface area contributed by atoms with Gasteiger partial charge in [-0.2, -0.15) is 5.26 Å². The highest BCUT2D eigenvalue weighted by molar-refractivity contribution is 5.50. The number of nitrogens with zero attached hydrogens (tertiary/aromatic N) is 2. The molecule has 3 rings (SSSR count). The van der Waals surface area contributed by atoms with Gasteiger partial charge in [0.05, 0.1) is 0 Å². The van der Waals surface area contributed by atoms with Crippen LogP contribution in [0.2, 0.25) is 0 Å². The summed E-state index contributed by atoms with van der Waals surface area (Å²) in [6, 6.07) is 4.70. The Kier molecular flexibility index (Phi) is 5.11. The molecule has 2 saturated heterocycles. The third-order valence-electron chi connectivity index (χ3n) is 4.85. The number of nitrogens with one attached hydrogen (secondary N) is 1. The fourth-order valence-corrected chi connectivity index (χ4v) is 3.67. The molecule has 2 aliphatic heterocycles. The third kappa shape index (κ3) is 3.32. The maximum absolute atomic E-state index is 13.8. The van der Waals surface area contributed by atoms with Crippen LogP contribution >= 0.6 is 0 Å². The summed E-state index contributed by atoms with van der Waals surface area (Å²) in [5, 5.41) is 22.9. The summed E-state index contributed by atoms with van der Waals surface area (Å²) >= 11 is 0. The van der Waals surface area contributed by atoms with Gasteiger partial charge < -0.3 is 15.2 Å². The molecule has 0 amide bonds. The summed E-state index contributed by atoms with van der Waals surface area (Å²) in [5.41, 5.74) is 0.409. The summed E-state index contributed by atoms with van der Waals surface area (Å²) in [7, 11) is 0. The molecule has 0 bridgehead atoms. The minimum Gasteiger partial charge on any atom is -0.506 e. The van der Waals surface area contributed by atoms with Crippen molar-refractivity contribution in [2.75, 3.05) is 39.4 Å². The zero-order valence-corrected chi connectivity index (χ0v) is 13.1. The Bertz CT molecular complexity index is 572. The number of phenols is 1. The van der Waals surface area contributed by atoms with Crippen LogP contribution in [0.25, 0.3) is 0 Å². The molecule has 0 saturated carbocycles. The van der Waals surface area contributed by atoms with E-state index in [1.54, 1.807) is 12.1 Å². The van der Waals surface area contributed by atoms with Crippen LogP contribution in [0.5, 0.6) is 5.75 Å². The first-order chi connectivity index (χ1) is 11.2. The number of aromatic hydroxyl groups is 1. The van der Waals surface area contributed by atoms with E-state index < -0.39 is 5.82 Å². The first kappa shape index (κ1) is 16.2. The molecule has 2 aliphatic rings. The van der Waals surface area contributed by atoms with Gasteiger partial charge in [-0.3, -0.25) is 4.90 Å². The topological polar surface area (TPSA) is 68.5 Å². The molecule has 2 N–H and O–H groups in total. The standard InChI is InChI=1S/C17H22FN3O2/c18-15-2-1-13(17(22)14(15)11-19)16(12-3-9-23-10-4-12)21-7-5-20-6-8-21/h1-2,12,16,20,22H,3-10H2/t16-/m0/s1. The van der Waals surface area contributed by atoms with Gasteiger partial charge in [-0.15, -0.1) is 0 Å². The molecule has 0 aromatic heterocycles. The highest BCUT2D eigenvalue weighted by Crippen LogP contribution is 2.40. The van der Waals surface area contributed by atoms with E-state index in [9.17, 15) is 9.50 Å². The molecule has 1 atom stereocenters. The Labute approximate surface area is 135 Å².